The summed E-state index contributed by atoms with van der Waals surface area (Å²) in [6.45, 7) is 0. The SMILES string of the molecule is O=C(O)CC1CC1CSC1c2cc(/C=C/c3ccc4ccc(Cl)cc4n3)ccc2C=Cc2ncccc21. The van der Waals surface area contributed by atoms with Crippen molar-refractivity contribution in [3.63, 3.8) is 0 Å². The Kier molecular flexibility index (Phi) is 6.58. The van der Waals surface area contributed by atoms with Crippen LogP contribution >= 0.6 is 23.4 Å². The van der Waals surface area contributed by atoms with Crippen molar-refractivity contribution in [2.24, 2.45) is 11.8 Å². The van der Waals surface area contributed by atoms with Crippen LogP contribution in [0.15, 0.2) is 66.9 Å². The van der Waals surface area contributed by atoms with Gasteiger partial charge in [0.25, 0.3) is 0 Å². The molecule has 1 N–H and O–H groups in total. The van der Waals surface area contributed by atoms with E-state index in [-0.39, 0.29) is 11.7 Å². The summed E-state index contributed by atoms with van der Waals surface area (Å²) in [7, 11) is 0. The predicted octanol–water partition coefficient (Wildman–Crippen LogP) is 7.87. The second-order valence-corrected chi connectivity index (χ2v) is 11.2. The number of rotatable bonds is 7. The number of aliphatic carboxylic acids is 1. The summed E-state index contributed by atoms with van der Waals surface area (Å²) >= 11 is 8.06. The van der Waals surface area contributed by atoms with Crippen molar-refractivity contribution in [3.05, 3.63) is 106 Å². The smallest absolute Gasteiger partial charge is 0.303 e. The van der Waals surface area contributed by atoms with Crippen LogP contribution in [-0.4, -0.2) is 26.8 Å². The Balaban J connectivity index is 1.29. The Bertz CT molecular complexity index is 1560. The lowest BCUT2D eigenvalue weighted by Gasteiger charge is -2.20. The van der Waals surface area contributed by atoms with Gasteiger partial charge in [0, 0.05) is 23.0 Å². The van der Waals surface area contributed by atoms with Gasteiger partial charge in [-0.15, -0.1) is 11.8 Å². The van der Waals surface area contributed by atoms with E-state index in [4.69, 9.17) is 21.7 Å². The molecule has 3 unspecified atom stereocenters. The minimum Gasteiger partial charge on any atom is -0.481 e. The molecule has 4 nitrogen and oxygen atoms in total. The molecule has 6 rings (SSSR count). The van der Waals surface area contributed by atoms with Gasteiger partial charge in [0.15, 0.2) is 0 Å². The Morgan fingerprint density at radius 2 is 1.92 bits per heavy atom. The van der Waals surface area contributed by atoms with E-state index >= 15 is 0 Å². The minimum absolute atomic E-state index is 0.133. The van der Waals surface area contributed by atoms with Crippen molar-refractivity contribution in [1.82, 2.24) is 9.97 Å². The molecule has 184 valence electrons. The summed E-state index contributed by atoms with van der Waals surface area (Å²) in [5.41, 5.74) is 7.49. The van der Waals surface area contributed by atoms with Crippen molar-refractivity contribution < 1.29 is 9.90 Å². The normalized spacial score (nSPS) is 20.0. The predicted molar refractivity (Wildman–Crippen MR) is 153 cm³/mol. The van der Waals surface area contributed by atoms with Gasteiger partial charge in [-0.2, -0.15) is 0 Å². The van der Waals surface area contributed by atoms with Crippen molar-refractivity contribution in [1.29, 1.82) is 0 Å². The van der Waals surface area contributed by atoms with E-state index in [1.165, 1.54) is 16.7 Å². The summed E-state index contributed by atoms with van der Waals surface area (Å²) < 4.78 is 0. The minimum atomic E-state index is -0.698. The molecule has 0 radical (unpaired) electrons. The number of thioether (sulfide) groups is 1. The van der Waals surface area contributed by atoms with E-state index < -0.39 is 5.97 Å². The van der Waals surface area contributed by atoms with Gasteiger partial charge in [0.05, 0.1) is 22.2 Å². The molecule has 2 aliphatic rings. The second kappa shape index (κ2) is 10.2. The van der Waals surface area contributed by atoms with Crippen LogP contribution in [0.4, 0.5) is 0 Å². The quantitative estimate of drug-likeness (QED) is 0.266. The van der Waals surface area contributed by atoms with Crippen LogP contribution < -0.4 is 0 Å². The maximum absolute atomic E-state index is 11.1. The summed E-state index contributed by atoms with van der Waals surface area (Å²) in [5.74, 6) is 1.02. The van der Waals surface area contributed by atoms with Gasteiger partial charge in [-0.3, -0.25) is 9.78 Å². The van der Waals surface area contributed by atoms with E-state index in [0.717, 1.165) is 40.0 Å². The number of carboxylic acid groups (broad SMARTS) is 1. The molecule has 1 fully saturated rings. The molecule has 0 aliphatic heterocycles. The first-order valence-corrected chi connectivity index (χ1v) is 13.8. The number of hydrogen-bond acceptors (Lipinski definition) is 4. The molecule has 6 heteroatoms. The van der Waals surface area contributed by atoms with Crippen LogP contribution in [0.25, 0.3) is 35.2 Å². The van der Waals surface area contributed by atoms with Gasteiger partial charge in [0.1, 0.15) is 0 Å². The summed E-state index contributed by atoms with van der Waals surface area (Å²) in [5, 5.41) is 11.0. The Morgan fingerprint density at radius 3 is 2.81 bits per heavy atom. The van der Waals surface area contributed by atoms with Gasteiger partial charge in [-0.05, 0) is 88.7 Å². The van der Waals surface area contributed by atoms with E-state index in [2.05, 4.69) is 53.5 Å². The monoisotopic (exact) mass is 524 g/mol. The molecule has 2 aliphatic carbocycles. The fourth-order valence-corrected chi connectivity index (χ4v) is 6.75. The van der Waals surface area contributed by atoms with Gasteiger partial charge < -0.3 is 5.11 Å². The lowest BCUT2D eigenvalue weighted by atomic mass is 9.98. The van der Waals surface area contributed by atoms with Crippen LogP contribution in [0.2, 0.25) is 5.02 Å². The van der Waals surface area contributed by atoms with Gasteiger partial charge in [-0.25, -0.2) is 4.98 Å². The summed E-state index contributed by atoms with van der Waals surface area (Å²) in [6.07, 6.45) is 11.5. The second-order valence-electron chi connectivity index (χ2n) is 9.67. The highest BCUT2D eigenvalue weighted by molar-refractivity contribution is 7.99. The highest BCUT2D eigenvalue weighted by Crippen LogP contribution is 2.49. The average molecular weight is 525 g/mol. The number of carbonyl (C=O) groups is 1. The lowest BCUT2D eigenvalue weighted by Crippen LogP contribution is -2.04. The van der Waals surface area contributed by atoms with Crippen LogP contribution in [0.3, 0.4) is 0 Å². The molecule has 37 heavy (non-hydrogen) atoms. The molecule has 0 spiro atoms. The molecule has 3 atom stereocenters. The van der Waals surface area contributed by atoms with Crippen molar-refractivity contribution >= 4 is 64.5 Å². The first-order chi connectivity index (χ1) is 18.0. The number of halogens is 1. The molecule has 0 bridgehead atoms. The number of nitrogens with zero attached hydrogens (tertiary/aromatic N) is 2. The van der Waals surface area contributed by atoms with Crippen molar-refractivity contribution in [2.45, 2.75) is 18.1 Å². The number of fused-ring (bicyclic) bond motifs is 3. The zero-order chi connectivity index (χ0) is 25.4. The largest absolute Gasteiger partial charge is 0.481 e. The molecular weight excluding hydrogens is 500 g/mol. The Hall–Kier alpha value is -3.41. The Morgan fingerprint density at radius 1 is 1.03 bits per heavy atom. The van der Waals surface area contributed by atoms with Crippen molar-refractivity contribution in [2.75, 3.05) is 5.75 Å². The van der Waals surface area contributed by atoms with Crippen LogP contribution in [0.5, 0.6) is 0 Å². The van der Waals surface area contributed by atoms with E-state index in [1.807, 2.05) is 54.4 Å². The fourth-order valence-electron chi connectivity index (χ4n) is 4.97. The maximum atomic E-state index is 11.1. The first-order valence-electron chi connectivity index (χ1n) is 12.4. The van der Waals surface area contributed by atoms with Gasteiger partial charge >= 0.3 is 5.97 Å². The molecule has 1 saturated carbocycles. The topological polar surface area (TPSA) is 63.1 Å². The maximum Gasteiger partial charge on any atom is 0.303 e. The van der Waals surface area contributed by atoms with Crippen LogP contribution in [-0.2, 0) is 4.79 Å². The van der Waals surface area contributed by atoms with E-state index in [1.54, 1.807) is 0 Å². The number of benzene rings is 2. The van der Waals surface area contributed by atoms with Crippen LogP contribution in [0.1, 0.15) is 51.7 Å². The zero-order valence-electron chi connectivity index (χ0n) is 20.0. The molecule has 4 aromatic rings. The van der Waals surface area contributed by atoms with Gasteiger partial charge in [0.2, 0.25) is 0 Å². The number of hydrogen-bond donors (Lipinski definition) is 1. The third-order valence-corrected chi connectivity index (χ3v) is 8.77. The molecule has 0 saturated heterocycles. The standard InChI is InChI=1S/C31H25ClN2O2S/c32-24-9-6-21-7-11-25(34-29(21)17-24)10-4-19-3-5-20-8-12-28-26(2-1-13-33-28)31(27(20)14-19)37-18-23-15-22(23)16-30(35)36/h1-14,17,22-23,31H,15-16,18H2,(H,35,36)/b10-4+. The summed E-state index contributed by atoms with van der Waals surface area (Å²) in [6, 6.07) is 20.5. The lowest BCUT2D eigenvalue weighted by molar-refractivity contribution is -0.137. The first kappa shape index (κ1) is 24.0. The van der Waals surface area contributed by atoms with E-state index in [0.29, 0.717) is 16.9 Å². The highest BCUT2D eigenvalue weighted by atomic mass is 35.5. The van der Waals surface area contributed by atoms with E-state index in [9.17, 15) is 4.79 Å². The molecule has 2 aromatic carbocycles. The number of aromatic nitrogens is 2. The molecule has 0 amide bonds. The molecular formula is C31H25ClN2O2S. The Labute approximate surface area is 225 Å². The number of pyridine rings is 2. The summed E-state index contributed by atoms with van der Waals surface area (Å²) in [4.78, 5) is 20.5. The fraction of sp³-hybridized carbons (Fsp3) is 0.194. The van der Waals surface area contributed by atoms with Crippen LogP contribution in [0, 0.1) is 11.8 Å². The highest BCUT2D eigenvalue weighted by Gasteiger charge is 2.39. The third kappa shape index (κ3) is 5.34. The molecule has 2 heterocycles. The number of carboxylic acids is 1. The zero-order valence-corrected chi connectivity index (χ0v) is 21.6. The third-order valence-electron chi connectivity index (χ3n) is 7.07. The molecule has 2 aromatic heterocycles. The average Bonchev–Trinajstić information content (AvgIpc) is 3.65. The van der Waals surface area contributed by atoms with Gasteiger partial charge in [-0.1, -0.05) is 54.1 Å². The van der Waals surface area contributed by atoms with Crippen molar-refractivity contribution in [3.8, 4) is 0 Å².